The second-order valence-corrected chi connectivity index (χ2v) is 7.56. The summed E-state index contributed by atoms with van der Waals surface area (Å²) < 4.78 is 5.62. The van der Waals surface area contributed by atoms with Gasteiger partial charge in [0, 0.05) is 21.7 Å². The van der Waals surface area contributed by atoms with Gasteiger partial charge >= 0.3 is 0 Å². The number of aromatic nitrogens is 1. The van der Waals surface area contributed by atoms with Gasteiger partial charge in [0.2, 0.25) is 0 Å². The van der Waals surface area contributed by atoms with Gasteiger partial charge in [-0.15, -0.1) is 11.3 Å². The van der Waals surface area contributed by atoms with E-state index in [-0.39, 0.29) is 5.91 Å². The molecule has 4 nitrogen and oxygen atoms in total. The van der Waals surface area contributed by atoms with Crippen molar-refractivity contribution >= 4 is 46.1 Å². The Hall–Kier alpha value is -2.08. The molecule has 0 saturated heterocycles. The van der Waals surface area contributed by atoms with Gasteiger partial charge in [-0.1, -0.05) is 35.3 Å². The van der Waals surface area contributed by atoms with E-state index in [2.05, 4.69) is 10.3 Å². The highest BCUT2D eigenvalue weighted by Crippen LogP contribution is 2.28. The molecule has 0 aliphatic rings. The van der Waals surface area contributed by atoms with Crippen molar-refractivity contribution in [1.82, 2.24) is 4.98 Å². The van der Waals surface area contributed by atoms with Crippen molar-refractivity contribution < 1.29 is 9.53 Å². The normalized spacial score (nSPS) is 11.8. The number of hydrogen-bond acceptors (Lipinski definition) is 4. The molecule has 1 amide bonds. The van der Waals surface area contributed by atoms with Crippen molar-refractivity contribution in [2.75, 3.05) is 5.32 Å². The van der Waals surface area contributed by atoms with Crippen LogP contribution >= 0.6 is 34.5 Å². The Labute approximate surface area is 165 Å². The van der Waals surface area contributed by atoms with Crippen LogP contribution < -0.4 is 10.1 Å². The van der Waals surface area contributed by atoms with Crippen LogP contribution in [0, 0.1) is 6.92 Å². The van der Waals surface area contributed by atoms with Gasteiger partial charge in [-0.3, -0.25) is 4.79 Å². The summed E-state index contributed by atoms with van der Waals surface area (Å²) in [5.74, 6) is 0.140. The summed E-state index contributed by atoms with van der Waals surface area (Å²) in [4.78, 5) is 16.8. The largest absolute Gasteiger partial charge is 0.479 e. The van der Waals surface area contributed by atoms with E-state index in [9.17, 15) is 4.79 Å². The fourth-order valence-electron chi connectivity index (χ4n) is 2.28. The van der Waals surface area contributed by atoms with Gasteiger partial charge in [-0.05, 0) is 44.2 Å². The maximum atomic E-state index is 12.3. The summed E-state index contributed by atoms with van der Waals surface area (Å²) >= 11 is 13.5. The first-order valence-corrected chi connectivity index (χ1v) is 9.51. The zero-order valence-corrected chi connectivity index (χ0v) is 16.5. The molecule has 1 N–H and O–H groups in total. The van der Waals surface area contributed by atoms with Crippen molar-refractivity contribution in [3.63, 3.8) is 0 Å². The molecule has 2 aromatic carbocycles. The summed E-state index contributed by atoms with van der Waals surface area (Å²) in [6.07, 6.45) is -0.713. The van der Waals surface area contributed by atoms with Crippen LogP contribution in [-0.2, 0) is 4.79 Å². The van der Waals surface area contributed by atoms with Crippen LogP contribution in [0.3, 0.4) is 0 Å². The fraction of sp³-hybridized carbons (Fsp3) is 0.158. The van der Waals surface area contributed by atoms with Gasteiger partial charge in [0.15, 0.2) is 6.10 Å². The molecule has 1 unspecified atom stereocenters. The third kappa shape index (κ3) is 4.55. The average Bonchev–Trinajstić information content (AvgIpc) is 3.04. The van der Waals surface area contributed by atoms with Crippen molar-refractivity contribution in [3.05, 3.63) is 62.9 Å². The number of nitrogens with zero attached hydrogens (tertiary/aromatic N) is 1. The summed E-state index contributed by atoms with van der Waals surface area (Å²) in [6.45, 7) is 3.63. The number of anilines is 1. The molecule has 0 spiro atoms. The van der Waals surface area contributed by atoms with Gasteiger partial charge in [0.1, 0.15) is 5.75 Å². The van der Waals surface area contributed by atoms with Gasteiger partial charge in [0.25, 0.3) is 5.91 Å². The van der Waals surface area contributed by atoms with E-state index in [0.29, 0.717) is 21.5 Å². The number of ether oxygens (including phenoxy) is 1. The highest BCUT2D eigenvalue weighted by atomic mass is 35.5. The maximum absolute atomic E-state index is 12.3. The molecular formula is C19H16Cl2N2O2S. The number of hydrogen-bond donors (Lipinski definition) is 1. The molecule has 134 valence electrons. The summed E-state index contributed by atoms with van der Waals surface area (Å²) in [5, 5.41) is 6.72. The van der Waals surface area contributed by atoms with Crippen LogP contribution in [-0.4, -0.2) is 17.0 Å². The predicted octanol–water partition coefficient (Wildman–Crippen LogP) is 5.83. The van der Waals surface area contributed by atoms with Gasteiger partial charge in [0.05, 0.1) is 15.7 Å². The molecule has 0 fully saturated rings. The fourth-order valence-corrected chi connectivity index (χ4v) is 3.35. The molecule has 0 aliphatic heterocycles. The smallest absolute Gasteiger partial charge is 0.265 e. The average molecular weight is 407 g/mol. The lowest BCUT2D eigenvalue weighted by atomic mass is 10.1. The van der Waals surface area contributed by atoms with Crippen molar-refractivity contribution in [3.8, 4) is 17.0 Å². The number of halogens is 2. The Kier molecular flexibility index (Phi) is 5.81. The van der Waals surface area contributed by atoms with Crippen LogP contribution in [0.1, 0.15) is 11.9 Å². The first kappa shape index (κ1) is 18.7. The topological polar surface area (TPSA) is 51.2 Å². The lowest BCUT2D eigenvalue weighted by molar-refractivity contribution is -0.122. The molecule has 7 heteroatoms. The van der Waals surface area contributed by atoms with Gasteiger partial charge in [-0.2, -0.15) is 0 Å². The minimum atomic E-state index is -0.713. The Bertz CT molecular complexity index is 926. The van der Waals surface area contributed by atoms with Crippen LogP contribution in [0.5, 0.6) is 5.75 Å². The van der Waals surface area contributed by atoms with Crippen molar-refractivity contribution in [2.45, 2.75) is 20.0 Å². The Morgan fingerprint density at radius 2 is 1.92 bits per heavy atom. The quantitative estimate of drug-likeness (QED) is 0.579. The number of rotatable bonds is 5. The highest BCUT2D eigenvalue weighted by molar-refractivity contribution is 7.09. The maximum Gasteiger partial charge on any atom is 0.265 e. The number of aryl methyl sites for hydroxylation is 1. The van der Waals surface area contributed by atoms with Gasteiger partial charge < -0.3 is 10.1 Å². The number of benzene rings is 2. The number of carbonyl (C=O) groups excluding carboxylic acids is 1. The first-order chi connectivity index (χ1) is 12.4. The van der Waals surface area contributed by atoms with E-state index in [0.717, 1.165) is 16.3 Å². The number of nitrogens with one attached hydrogen (secondary N) is 1. The number of carbonyl (C=O) groups is 1. The number of amides is 1. The molecule has 0 bridgehead atoms. The van der Waals surface area contributed by atoms with E-state index < -0.39 is 6.10 Å². The second-order valence-electron chi connectivity index (χ2n) is 5.65. The molecular weight excluding hydrogens is 391 g/mol. The monoisotopic (exact) mass is 406 g/mol. The van der Waals surface area contributed by atoms with E-state index in [1.807, 2.05) is 36.6 Å². The number of thiazole rings is 1. The molecule has 26 heavy (non-hydrogen) atoms. The van der Waals surface area contributed by atoms with E-state index >= 15 is 0 Å². The highest BCUT2D eigenvalue weighted by Gasteiger charge is 2.16. The Balaban J connectivity index is 1.63. The van der Waals surface area contributed by atoms with Crippen LogP contribution in [0.4, 0.5) is 5.69 Å². The van der Waals surface area contributed by atoms with E-state index in [1.54, 1.807) is 36.5 Å². The Morgan fingerprint density at radius 3 is 2.54 bits per heavy atom. The lowest BCUT2D eigenvalue weighted by Crippen LogP contribution is -2.30. The van der Waals surface area contributed by atoms with Gasteiger partial charge in [-0.25, -0.2) is 4.98 Å². The molecule has 1 atom stereocenters. The molecule has 0 saturated carbocycles. The lowest BCUT2D eigenvalue weighted by Gasteiger charge is -2.16. The van der Waals surface area contributed by atoms with Crippen molar-refractivity contribution in [1.29, 1.82) is 0 Å². The zero-order chi connectivity index (χ0) is 18.7. The molecule has 3 aromatic rings. The van der Waals surface area contributed by atoms with Crippen LogP contribution in [0.15, 0.2) is 47.8 Å². The van der Waals surface area contributed by atoms with E-state index in [4.69, 9.17) is 27.9 Å². The Morgan fingerprint density at radius 1 is 1.19 bits per heavy atom. The molecule has 1 heterocycles. The summed E-state index contributed by atoms with van der Waals surface area (Å²) in [7, 11) is 0. The molecule has 0 aliphatic carbocycles. The van der Waals surface area contributed by atoms with E-state index in [1.165, 1.54) is 0 Å². The molecule has 0 radical (unpaired) electrons. The van der Waals surface area contributed by atoms with Crippen LogP contribution in [0.2, 0.25) is 10.0 Å². The second kappa shape index (κ2) is 8.08. The molecule has 3 rings (SSSR count). The first-order valence-electron chi connectivity index (χ1n) is 7.87. The SMILES string of the molecule is Cc1nc(-c2ccc(NC(=O)C(C)Oc3ccc(Cl)cc3Cl)cc2)cs1. The van der Waals surface area contributed by atoms with Crippen LogP contribution in [0.25, 0.3) is 11.3 Å². The van der Waals surface area contributed by atoms with Crippen molar-refractivity contribution in [2.24, 2.45) is 0 Å². The molecule has 1 aromatic heterocycles. The third-order valence-electron chi connectivity index (χ3n) is 3.63. The summed E-state index contributed by atoms with van der Waals surface area (Å²) in [6, 6.07) is 12.4. The predicted molar refractivity (Wildman–Crippen MR) is 107 cm³/mol. The standard InChI is InChI=1S/C19H16Cl2N2O2S/c1-11(25-18-8-5-14(20)9-16(18)21)19(24)23-15-6-3-13(4-7-15)17-10-26-12(2)22-17/h3-11H,1-2H3,(H,23,24). The minimum Gasteiger partial charge on any atom is -0.479 e. The summed E-state index contributed by atoms with van der Waals surface area (Å²) in [5.41, 5.74) is 2.62. The third-order valence-corrected chi connectivity index (χ3v) is 4.94. The zero-order valence-electron chi connectivity index (χ0n) is 14.1. The minimum absolute atomic E-state index is 0.270.